The molecule has 0 spiro atoms. The molecule has 2 aromatic carbocycles. The van der Waals surface area contributed by atoms with Crippen LogP contribution in [-0.4, -0.2) is 49.4 Å². The van der Waals surface area contributed by atoms with Gasteiger partial charge in [0.2, 0.25) is 5.91 Å². The number of aromatic nitrogens is 4. The maximum Gasteiger partial charge on any atom is 0.233 e. The molecule has 2 aliphatic rings. The SMILES string of the molecule is O=C(CSc1nnc(C2CC2)n1-c1ccccc1)N1CCC[C@H](c2nc3ccccc3s2)C1. The summed E-state index contributed by atoms with van der Waals surface area (Å²) < 4.78 is 3.36. The summed E-state index contributed by atoms with van der Waals surface area (Å²) in [5.41, 5.74) is 2.12. The van der Waals surface area contributed by atoms with Crippen LogP contribution in [0.15, 0.2) is 59.8 Å². The minimum absolute atomic E-state index is 0.168. The highest BCUT2D eigenvalue weighted by Crippen LogP contribution is 2.41. The first-order valence-corrected chi connectivity index (χ1v) is 13.3. The topological polar surface area (TPSA) is 63.9 Å². The summed E-state index contributed by atoms with van der Waals surface area (Å²) in [4.78, 5) is 20.0. The molecule has 0 bridgehead atoms. The molecule has 1 atom stereocenters. The highest BCUT2D eigenvalue weighted by atomic mass is 32.2. The van der Waals surface area contributed by atoms with Crippen LogP contribution in [0.3, 0.4) is 0 Å². The number of benzene rings is 2. The summed E-state index contributed by atoms with van der Waals surface area (Å²) in [6.45, 7) is 1.57. The Kier molecular flexibility index (Phi) is 5.63. The molecule has 1 saturated heterocycles. The fourth-order valence-electron chi connectivity index (χ4n) is 4.49. The molecule has 4 aromatic rings. The summed E-state index contributed by atoms with van der Waals surface area (Å²) in [5.74, 6) is 2.37. The van der Waals surface area contributed by atoms with E-state index < -0.39 is 0 Å². The summed E-state index contributed by atoms with van der Waals surface area (Å²) in [5, 5.41) is 10.9. The van der Waals surface area contributed by atoms with Crippen molar-refractivity contribution in [3.63, 3.8) is 0 Å². The van der Waals surface area contributed by atoms with E-state index in [0.717, 1.165) is 66.0 Å². The van der Waals surface area contributed by atoms with Crippen LogP contribution in [-0.2, 0) is 4.79 Å². The lowest BCUT2D eigenvalue weighted by atomic mass is 9.99. The standard InChI is InChI=1S/C25H25N5OS2/c31-22(29-14-6-7-18(15-29)24-26-20-10-4-5-11-21(20)33-24)16-32-25-28-27-23(17-12-13-17)30(25)19-8-2-1-3-9-19/h1-5,8-11,17-18H,6-7,12-16H2/t18-/m0/s1. The normalized spacial score (nSPS) is 18.7. The Hall–Kier alpha value is -2.71. The lowest BCUT2D eigenvalue weighted by molar-refractivity contribution is -0.129. The third-order valence-electron chi connectivity index (χ3n) is 6.37. The Bertz CT molecular complexity index is 1250. The molecule has 6 nitrogen and oxygen atoms in total. The lowest BCUT2D eigenvalue weighted by Crippen LogP contribution is -2.40. The van der Waals surface area contributed by atoms with Gasteiger partial charge >= 0.3 is 0 Å². The number of nitrogens with zero attached hydrogens (tertiary/aromatic N) is 5. The van der Waals surface area contributed by atoms with Gasteiger partial charge in [0.1, 0.15) is 5.82 Å². The zero-order valence-corrected chi connectivity index (χ0v) is 19.9. The van der Waals surface area contributed by atoms with E-state index in [4.69, 9.17) is 4.98 Å². The molecule has 168 valence electrons. The number of hydrogen-bond acceptors (Lipinski definition) is 6. The molecule has 0 radical (unpaired) electrons. The molecule has 2 fully saturated rings. The van der Waals surface area contributed by atoms with E-state index >= 15 is 0 Å². The average Bonchev–Trinajstić information content (AvgIpc) is 3.47. The molecule has 1 amide bonds. The van der Waals surface area contributed by atoms with E-state index in [1.807, 2.05) is 29.2 Å². The molecule has 1 aliphatic heterocycles. The Labute approximate surface area is 201 Å². The van der Waals surface area contributed by atoms with Crippen LogP contribution in [0.1, 0.15) is 48.4 Å². The molecule has 0 unspecified atom stereocenters. The second kappa shape index (κ2) is 8.91. The zero-order chi connectivity index (χ0) is 22.2. The largest absolute Gasteiger partial charge is 0.341 e. The number of amides is 1. The molecule has 3 heterocycles. The van der Waals surface area contributed by atoms with Crippen LogP contribution in [0.4, 0.5) is 0 Å². The molecule has 8 heteroatoms. The van der Waals surface area contributed by atoms with Crippen LogP contribution in [0.2, 0.25) is 0 Å². The minimum atomic E-state index is 0.168. The molecule has 1 saturated carbocycles. The average molecular weight is 476 g/mol. The van der Waals surface area contributed by atoms with Crippen LogP contribution < -0.4 is 0 Å². The number of likely N-dealkylation sites (tertiary alicyclic amines) is 1. The first-order valence-electron chi connectivity index (χ1n) is 11.5. The van der Waals surface area contributed by atoms with Gasteiger partial charge in [-0.3, -0.25) is 9.36 Å². The molecule has 2 aromatic heterocycles. The van der Waals surface area contributed by atoms with Crippen molar-refractivity contribution in [2.45, 2.75) is 42.7 Å². The molecular formula is C25H25N5OS2. The number of piperidine rings is 1. The fourth-order valence-corrected chi connectivity index (χ4v) is 6.44. The minimum Gasteiger partial charge on any atom is -0.341 e. The van der Waals surface area contributed by atoms with Crippen molar-refractivity contribution in [3.05, 3.63) is 65.4 Å². The van der Waals surface area contributed by atoms with Gasteiger partial charge in [-0.05, 0) is 49.9 Å². The molecule has 0 N–H and O–H groups in total. The predicted molar refractivity (Wildman–Crippen MR) is 132 cm³/mol. The number of para-hydroxylation sites is 2. The predicted octanol–water partition coefficient (Wildman–Crippen LogP) is 5.25. The van der Waals surface area contributed by atoms with Crippen molar-refractivity contribution < 1.29 is 4.79 Å². The lowest BCUT2D eigenvalue weighted by Gasteiger charge is -2.31. The third-order valence-corrected chi connectivity index (χ3v) is 8.49. The zero-order valence-electron chi connectivity index (χ0n) is 18.3. The van der Waals surface area contributed by atoms with Gasteiger partial charge in [-0.2, -0.15) is 0 Å². The van der Waals surface area contributed by atoms with E-state index in [-0.39, 0.29) is 5.91 Å². The summed E-state index contributed by atoms with van der Waals surface area (Å²) >= 11 is 3.26. The maximum absolute atomic E-state index is 13.2. The van der Waals surface area contributed by atoms with Crippen molar-refractivity contribution in [1.82, 2.24) is 24.6 Å². The highest BCUT2D eigenvalue weighted by molar-refractivity contribution is 7.99. The number of hydrogen-bond donors (Lipinski definition) is 0. The van der Waals surface area contributed by atoms with Gasteiger partial charge in [-0.1, -0.05) is 42.1 Å². The van der Waals surface area contributed by atoms with Crippen molar-refractivity contribution in [3.8, 4) is 5.69 Å². The van der Waals surface area contributed by atoms with Gasteiger partial charge in [-0.25, -0.2) is 4.98 Å². The van der Waals surface area contributed by atoms with Crippen molar-refractivity contribution in [2.24, 2.45) is 0 Å². The number of rotatable bonds is 6. The quantitative estimate of drug-likeness (QED) is 0.356. The summed E-state index contributed by atoms with van der Waals surface area (Å²) in [7, 11) is 0. The number of carbonyl (C=O) groups excluding carboxylic acids is 1. The van der Waals surface area contributed by atoms with Crippen molar-refractivity contribution >= 4 is 39.2 Å². The van der Waals surface area contributed by atoms with E-state index in [1.165, 1.54) is 16.5 Å². The van der Waals surface area contributed by atoms with Crippen molar-refractivity contribution in [1.29, 1.82) is 0 Å². The summed E-state index contributed by atoms with van der Waals surface area (Å²) in [6.07, 6.45) is 4.43. The fraction of sp³-hybridized carbons (Fsp3) is 0.360. The van der Waals surface area contributed by atoms with E-state index in [9.17, 15) is 4.79 Å². The maximum atomic E-state index is 13.2. The van der Waals surface area contributed by atoms with Crippen molar-refractivity contribution in [2.75, 3.05) is 18.8 Å². The first kappa shape index (κ1) is 20.9. The Balaban J connectivity index is 1.15. The first-order chi connectivity index (χ1) is 16.3. The monoisotopic (exact) mass is 475 g/mol. The second-order valence-corrected chi connectivity index (χ2v) is 10.8. The van der Waals surface area contributed by atoms with Gasteiger partial charge in [0.25, 0.3) is 0 Å². The Morgan fingerprint density at radius 3 is 2.64 bits per heavy atom. The molecular weight excluding hydrogens is 450 g/mol. The van der Waals surface area contributed by atoms with Crippen LogP contribution >= 0.6 is 23.1 Å². The highest BCUT2D eigenvalue weighted by Gasteiger charge is 2.32. The molecule has 6 rings (SSSR count). The van der Waals surface area contributed by atoms with Gasteiger partial charge in [0.05, 0.1) is 21.0 Å². The Morgan fingerprint density at radius 2 is 1.82 bits per heavy atom. The third kappa shape index (κ3) is 4.29. The molecule has 1 aliphatic carbocycles. The van der Waals surface area contributed by atoms with E-state index in [2.05, 4.69) is 45.1 Å². The van der Waals surface area contributed by atoms with Crippen LogP contribution in [0.25, 0.3) is 15.9 Å². The van der Waals surface area contributed by atoms with Gasteiger partial charge < -0.3 is 4.90 Å². The number of thioether (sulfide) groups is 1. The van der Waals surface area contributed by atoms with Gasteiger partial charge in [0, 0.05) is 30.6 Å². The second-order valence-electron chi connectivity index (χ2n) is 8.77. The number of carbonyl (C=O) groups is 1. The van der Waals surface area contributed by atoms with E-state index in [1.54, 1.807) is 11.3 Å². The van der Waals surface area contributed by atoms with Crippen LogP contribution in [0.5, 0.6) is 0 Å². The molecule has 33 heavy (non-hydrogen) atoms. The summed E-state index contributed by atoms with van der Waals surface area (Å²) in [6, 6.07) is 18.5. The number of fused-ring (bicyclic) bond motifs is 1. The smallest absolute Gasteiger partial charge is 0.233 e. The van der Waals surface area contributed by atoms with Crippen LogP contribution in [0, 0.1) is 0 Å². The van der Waals surface area contributed by atoms with Gasteiger partial charge in [0.15, 0.2) is 5.16 Å². The number of thiazole rings is 1. The van der Waals surface area contributed by atoms with E-state index in [0.29, 0.717) is 17.6 Å². The Morgan fingerprint density at radius 1 is 1.00 bits per heavy atom. The van der Waals surface area contributed by atoms with Gasteiger partial charge in [-0.15, -0.1) is 21.5 Å².